The molecule has 1 amide bonds. The van der Waals surface area contributed by atoms with E-state index in [0.717, 1.165) is 16.9 Å². The van der Waals surface area contributed by atoms with Crippen molar-refractivity contribution in [2.75, 3.05) is 0 Å². The average molecular weight is 315 g/mol. The van der Waals surface area contributed by atoms with Crippen molar-refractivity contribution in [3.63, 3.8) is 0 Å². The zero-order chi connectivity index (χ0) is 16.9. The number of aryl methyl sites for hydroxylation is 1. The highest BCUT2D eigenvalue weighted by Gasteiger charge is 2.38. The van der Waals surface area contributed by atoms with Gasteiger partial charge in [0, 0.05) is 11.1 Å². The number of carbonyl (C=O) groups is 2. The summed E-state index contributed by atoms with van der Waals surface area (Å²) >= 11 is 0. The number of alkyl halides is 3. The summed E-state index contributed by atoms with van der Waals surface area (Å²) in [7, 11) is 0. The number of primary amides is 1. The first-order valence-corrected chi connectivity index (χ1v) is 5.87. The van der Waals surface area contributed by atoms with E-state index in [1.165, 1.54) is 0 Å². The SMILES string of the molecule is Cc1ccc(-c2ccco2)cc1C(N)=O.O=C(O)C(F)(F)F. The molecule has 3 N–H and O–H groups in total. The van der Waals surface area contributed by atoms with E-state index < -0.39 is 18.1 Å². The van der Waals surface area contributed by atoms with E-state index in [1.54, 1.807) is 18.4 Å². The van der Waals surface area contributed by atoms with Crippen molar-refractivity contribution in [1.29, 1.82) is 0 Å². The minimum Gasteiger partial charge on any atom is -0.475 e. The van der Waals surface area contributed by atoms with Crippen LogP contribution >= 0.6 is 0 Å². The first-order valence-electron chi connectivity index (χ1n) is 5.87. The van der Waals surface area contributed by atoms with Crippen molar-refractivity contribution in [2.45, 2.75) is 13.1 Å². The van der Waals surface area contributed by atoms with Crippen LogP contribution in [-0.4, -0.2) is 23.2 Å². The molecule has 2 rings (SSSR count). The fourth-order valence-electron chi connectivity index (χ4n) is 1.48. The highest BCUT2D eigenvalue weighted by Crippen LogP contribution is 2.22. The van der Waals surface area contributed by atoms with Crippen LogP contribution in [0.25, 0.3) is 11.3 Å². The van der Waals surface area contributed by atoms with Crippen LogP contribution in [0.5, 0.6) is 0 Å². The van der Waals surface area contributed by atoms with Crippen molar-refractivity contribution in [3.8, 4) is 11.3 Å². The van der Waals surface area contributed by atoms with Crippen LogP contribution in [0.4, 0.5) is 13.2 Å². The number of amides is 1. The van der Waals surface area contributed by atoms with Crippen molar-refractivity contribution >= 4 is 11.9 Å². The number of hydrogen-bond donors (Lipinski definition) is 2. The Morgan fingerprint density at radius 3 is 2.23 bits per heavy atom. The predicted octanol–water partition coefficient (Wildman–Crippen LogP) is 2.99. The first kappa shape index (κ1) is 17.3. The van der Waals surface area contributed by atoms with Crippen LogP contribution in [0, 0.1) is 6.92 Å². The lowest BCUT2D eigenvalue weighted by molar-refractivity contribution is -0.192. The smallest absolute Gasteiger partial charge is 0.475 e. The lowest BCUT2D eigenvalue weighted by Crippen LogP contribution is -2.21. The van der Waals surface area contributed by atoms with E-state index in [9.17, 15) is 18.0 Å². The van der Waals surface area contributed by atoms with Gasteiger partial charge in [-0.1, -0.05) is 12.1 Å². The summed E-state index contributed by atoms with van der Waals surface area (Å²) in [4.78, 5) is 20.0. The molecule has 0 saturated heterocycles. The van der Waals surface area contributed by atoms with E-state index in [1.807, 2.05) is 25.1 Å². The minimum atomic E-state index is -5.08. The summed E-state index contributed by atoms with van der Waals surface area (Å²) in [6.07, 6.45) is -3.49. The average Bonchev–Trinajstić information content (AvgIpc) is 2.92. The Bertz CT molecular complexity index is 663. The lowest BCUT2D eigenvalue weighted by Gasteiger charge is -2.03. The zero-order valence-electron chi connectivity index (χ0n) is 11.3. The molecule has 2 aromatic rings. The van der Waals surface area contributed by atoms with Crippen LogP contribution < -0.4 is 5.73 Å². The minimum absolute atomic E-state index is 0.416. The predicted molar refractivity (Wildman–Crippen MR) is 71.1 cm³/mol. The molecule has 1 aromatic carbocycles. The maximum absolute atomic E-state index is 11.1. The molecule has 8 heteroatoms. The second-order valence-corrected chi connectivity index (χ2v) is 4.17. The second-order valence-electron chi connectivity index (χ2n) is 4.17. The third kappa shape index (κ3) is 4.65. The molecule has 0 atom stereocenters. The number of rotatable bonds is 2. The van der Waals surface area contributed by atoms with Gasteiger partial charge in [0.25, 0.3) is 0 Å². The Morgan fingerprint density at radius 2 is 1.82 bits per heavy atom. The molecule has 5 nitrogen and oxygen atoms in total. The van der Waals surface area contributed by atoms with Gasteiger partial charge in [-0.3, -0.25) is 4.79 Å². The highest BCUT2D eigenvalue weighted by atomic mass is 19.4. The topological polar surface area (TPSA) is 93.5 Å². The number of halogens is 3. The molecule has 1 aromatic heterocycles. The molecule has 0 bridgehead atoms. The molecule has 0 aliphatic heterocycles. The van der Waals surface area contributed by atoms with E-state index in [4.69, 9.17) is 20.1 Å². The van der Waals surface area contributed by atoms with Crippen molar-refractivity contribution in [3.05, 3.63) is 47.7 Å². The van der Waals surface area contributed by atoms with Crippen LogP contribution in [0.3, 0.4) is 0 Å². The van der Waals surface area contributed by atoms with Gasteiger partial charge in [0.05, 0.1) is 6.26 Å². The standard InChI is InChI=1S/C12H11NO2.C2HF3O2/c1-8-4-5-9(7-10(8)12(13)14)11-3-2-6-15-11;3-2(4,5)1(6)7/h2-7H,1H3,(H2,13,14);(H,6,7). The largest absolute Gasteiger partial charge is 0.490 e. The van der Waals surface area contributed by atoms with Gasteiger partial charge in [0.2, 0.25) is 5.91 Å². The monoisotopic (exact) mass is 315 g/mol. The van der Waals surface area contributed by atoms with Crippen LogP contribution in [0.1, 0.15) is 15.9 Å². The van der Waals surface area contributed by atoms with Gasteiger partial charge in [0.1, 0.15) is 5.76 Å². The zero-order valence-corrected chi connectivity index (χ0v) is 11.3. The Hall–Kier alpha value is -2.77. The van der Waals surface area contributed by atoms with Gasteiger partial charge >= 0.3 is 12.1 Å². The Kier molecular flexibility index (Phi) is 5.33. The molecule has 0 spiro atoms. The van der Waals surface area contributed by atoms with Gasteiger partial charge < -0.3 is 15.3 Å². The molecule has 0 unspecified atom stereocenters. The molecule has 0 saturated carbocycles. The summed E-state index contributed by atoms with van der Waals surface area (Å²) in [5, 5.41) is 7.12. The van der Waals surface area contributed by atoms with Crippen LogP contribution in [-0.2, 0) is 4.79 Å². The lowest BCUT2D eigenvalue weighted by atomic mass is 10.0. The number of carboxylic acids is 1. The van der Waals surface area contributed by atoms with Gasteiger partial charge in [-0.05, 0) is 30.7 Å². The molecule has 0 aliphatic carbocycles. The van der Waals surface area contributed by atoms with Gasteiger partial charge in [0.15, 0.2) is 0 Å². The number of furan rings is 1. The Labute approximate surface area is 123 Å². The molecule has 1 heterocycles. The maximum Gasteiger partial charge on any atom is 0.490 e. The normalized spacial score (nSPS) is 10.5. The van der Waals surface area contributed by atoms with Gasteiger partial charge in [-0.25, -0.2) is 4.79 Å². The molecule has 0 aliphatic rings. The van der Waals surface area contributed by atoms with E-state index in [0.29, 0.717) is 5.56 Å². The van der Waals surface area contributed by atoms with Crippen molar-refractivity contribution < 1.29 is 32.3 Å². The van der Waals surface area contributed by atoms with Crippen LogP contribution in [0.15, 0.2) is 41.0 Å². The number of nitrogens with two attached hydrogens (primary N) is 1. The highest BCUT2D eigenvalue weighted by molar-refractivity contribution is 5.95. The third-order valence-electron chi connectivity index (χ3n) is 2.55. The number of carboxylic acid groups (broad SMARTS) is 1. The molecule has 0 fully saturated rings. The fourth-order valence-corrected chi connectivity index (χ4v) is 1.48. The Balaban J connectivity index is 0.000000295. The number of aliphatic carboxylic acids is 1. The number of hydrogen-bond acceptors (Lipinski definition) is 3. The van der Waals surface area contributed by atoms with E-state index >= 15 is 0 Å². The summed E-state index contributed by atoms with van der Waals surface area (Å²) in [6, 6.07) is 9.16. The molecular formula is C14H12F3NO4. The van der Waals surface area contributed by atoms with E-state index in [2.05, 4.69) is 0 Å². The number of benzene rings is 1. The quantitative estimate of drug-likeness (QED) is 0.891. The van der Waals surface area contributed by atoms with Gasteiger partial charge in [-0.15, -0.1) is 0 Å². The van der Waals surface area contributed by atoms with E-state index in [-0.39, 0.29) is 0 Å². The first-order chi connectivity index (χ1) is 10.1. The molecule has 22 heavy (non-hydrogen) atoms. The maximum atomic E-state index is 11.1. The summed E-state index contributed by atoms with van der Waals surface area (Å²) in [5.74, 6) is -2.44. The summed E-state index contributed by atoms with van der Waals surface area (Å²) in [5.41, 5.74) is 7.53. The molecular weight excluding hydrogens is 303 g/mol. The van der Waals surface area contributed by atoms with Crippen LogP contribution in [0.2, 0.25) is 0 Å². The second kappa shape index (κ2) is 6.79. The van der Waals surface area contributed by atoms with Crippen molar-refractivity contribution in [2.24, 2.45) is 5.73 Å². The van der Waals surface area contributed by atoms with Gasteiger partial charge in [-0.2, -0.15) is 13.2 Å². The third-order valence-corrected chi connectivity index (χ3v) is 2.55. The molecule has 0 radical (unpaired) electrons. The molecule has 118 valence electrons. The Morgan fingerprint density at radius 1 is 1.23 bits per heavy atom. The fraction of sp³-hybridized carbons (Fsp3) is 0.143. The van der Waals surface area contributed by atoms with Crippen molar-refractivity contribution in [1.82, 2.24) is 0 Å². The summed E-state index contributed by atoms with van der Waals surface area (Å²) in [6.45, 7) is 1.85. The number of carbonyl (C=O) groups excluding carboxylic acids is 1. The summed E-state index contributed by atoms with van der Waals surface area (Å²) < 4.78 is 37.0.